The molecule has 0 heterocycles. The van der Waals surface area contributed by atoms with E-state index < -0.39 is 0 Å². The fraction of sp³-hybridized carbons (Fsp3) is 0.562. The molecule has 3 nitrogen and oxygen atoms in total. The Morgan fingerprint density at radius 3 is 2.65 bits per heavy atom. The monoisotopic (exact) mass is 292 g/mol. The number of carbonyl (C=O) groups is 1. The van der Waals surface area contributed by atoms with Crippen LogP contribution in [0.15, 0.2) is 35.2 Å². The van der Waals surface area contributed by atoms with Crippen LogP contribution in [0, 0.1) is 0 Å². The number of carbonyl (C=O) groups excluding carboxylic acids is 1. The van der Waals surface area contributed by atoms with E-state index in [1.807, 2.05) is 30.0 Å². The third-order valence-corrected chi connectivity index (χ3v) is 4.56. The van der Waals surface area contributed by atoms with Gasteiger partial charge in [0.1, 0.15) is 0 Å². The quantitative estimate of drug-likeness (QED) is 0.600. The SMILES string of the molecule is O=C(CNCCSc1ccccc1)NC1CCCCC1. The van der Waals surface area contributed by atoms with E-state index in [0.717, 1.165) is 25.1 Å². The molecule has 0 saturated heterocycles. The molecule has 0 spiro atoms. The molecule has 0 radical (unpaired) electrons. The Kier molecular flexibility index (Phi) is 6.95. The first kappa shape index (κ1) is 15.4. The summed E-state index contributed by atoms with van der Waals surface area (Å²) in [4.78, 5) is 13.0. The molecule has 4 heteroatoms. The van der Waals surface area contributed by atoms with Crippen LogP contribution in [0.4, 0.5) is 0 Å². The van der Waals surface area contributed by atoms with Gasteiger partial charge in [0.05, 0.1) is 6.54 Å². The fourth-order valence-electron chi connectivity index (χ4n) is 2.49. The van der Waals surface area contributed by atoms with Crippen LogP contribution >= 0.6 is 11.8 Å². The lowest BCUT2D eigenvalue weighted by molar-refractivity contribution is -0.121. The van der Waals surface area contributed by atoms with E-state index in [4.69, 9.17) is 0 Å². The number of thioether (sulfide) groups is 1. The van der Waals surface area contributed by atoms with Crippen molar-refractivity contribution in [2.24, 2.45) is 0 Å². The number of hydrogen-bond acceptors (Lipinski definition) is 3. The average Bonchev–Trinajstić information content (AvgIpc) is 2.49. The predicted octanol–water partition coefficient (Wildman–Crippen LogP) is 2.82. The van der Waals surface area contributed by atoms with Crippen LogP contribution in [0.2, 0.25) is 0 Å². The van der Waals surface area contributed by atoms with Crippen LogP contribution < -0.4 is 10.6 Å². The third-order valence-electron chi connectivity index (χ3n) is 3.55. The van der Waals surface area contributed by atoms with Crippen LogP contribution in [-0.2, 0) is 4.79 Å². The van der Waals surface area contributed by atoms with Crippen molar-refractivity contribution in [2.75, 3.05) is 18.8 Å². The predicted molar refractivity (Wildman–Crippen MR) is 85.1 cm³/mol. The number of hydrogen-bond donors (Lipinski definition) is 2. The largest absolute Gasteiger partial charge is 0.352 e. The number of amides is 1. The highest BCUT2D eigenvalue weighted by Crippen LogP contribution is 2.17. The van der Waals surface area contributed by atoms with Crippen LogP contribution in [0.25, 0.3) is 0 Å². The molecule has 0 atom stereocenters. The molecular formula is C16H24N2OS. The zero-order valence-electron chi connectivity index (χ0n) is 11.9. The van der Waals surface area contributed by atoms with Gasteiger partial charge in [-0.3, -0.25) is 4.79 Å². The lowest BCUT2D eigenvalue weighted by Crippen LogP contribution is -2.41. The summed E-state index contributed by atoms with van der Waals surface area (Å²) in [6.45, 7) is 1.30. The Morgan fingerprint density at radius 2 is 1.90 bits per heavy atom. The second kappa shape index (κ2) is 9.03. The number of rotatable bonds is 7. The molecule has 1 amide bonds. The van der Waals surface area contributed by atoms with Gasteiger partial charge in [0.25, 0.3) is 0 Å². The van der Waals surface area contributed by atoms with Crippen LogP contribution in [0.3, 0.4) is 0 Å². The maximum atomic E-state index is 11.8. The Bertz CT molecular complexity index is 391. The van der Waals surface area contributed by atoms with Gasteiger partial charge >= 0.3 is 0 Å². The first-order valence-corrected chi connectivity index (χ1v) is 8.51. The van der Waals surface area contributed by atoms with Gasteiger partial charge in [-0.25, -0.2) is 0 Å². The van der Waals surface area contributed by atoms with Crippen molar-refractivity contribution in [3.63, 3.8) is 0 Å². The fourth-order valence-corrected chi connectivity index (χ4v) is 3.32. The summed E-state index contributed by atoms with van der Waals surface area (Å²) in [7, 11) is 0. The van der Waals surface area contributed by atoms with Crippen molar-refractivity contribution >= 4 is 17.7 Å². The lowest BCUT2D eigenvalue weighted by Gasteiger charge is -2.22. The molecule has 110 valence electrons. The van der Waals surface area contributed by atoms with Gasteiger partial charge in [-0.15, -0.1) is 11.8 Å². The first-order valence-electron chi connectivity index (χ1n) is 7.52. The van der Waals surface area contributed by atoms with Gasteiger partial charge in [-0.05, 0) is 25.0 Å². The Labute approximate surface area is 125 Å². The smallest absolute Gasteiger partial charge is 0.234 e. The standard InChI is InChI=1S/C16H24N2OS/c19-16(18-14-7-3-1-4-8-14)13-17-11-12-20-15-9-5-2-6-10-15/h2,5-6,9-10,14,17H,1,3-4,7-8,11-13H2,(H,18,19). The summed E-state index contributed by atoms with van der Waals surface area (Å²) in [5.74, 6) is 1.13. The van der Waals surface area contributed by atoms with Crippen molar-refractivity contribution in [1.82, 2.24) is 10.6 Å². The highest BCUT2D eigenvalue weighted by atomic mass is 32.2. The van der Waals surface area contributed by atoms with E-state index in [0.29, 0.717) is 12.6 Å². The van der Waals surface area contributed by atoms with E-state index in [9.17, 15) is 4.79 Å². The molecule has 0 bridgehead atoms. The summed E-state index contributed by atoms with van der Waals surface area (Å²) in [6.07, 6.45) is 6.13. The molecule has 0 aliphatic heterocycles. The Morgan fingerprint density at radius 1 is 1.15 bits per heavy atom. The topological polar surface area (TPSA) is 41.1 Å². The molecule has 1 aliphatic rings. The van der Waals surface area contributed by atoms with Crippen molar-refractivity contribution < 1.29 is 4.79 Å². The van der Waals surface area contributed by atoms with Crippen molar-refractivity contribution in [3.05, 3.63) is 30.3 Å². The molecule has 2 rings (SSSR count). The van der Waals surface area contributed by atoms with Gasteiger partial charge in [-0.2, -0.15) is 0 Å². The van der Waals surface area contributed by atoms with Gasteiger partial charge in [0, 0.05) is 23.2 Å². The summed E-state index contributed by atoms with van der Waals surface area (Å²) < 4.78 is 0. The molecule has 1 saturated carbocycles. The zero-order valence-corrected chi connectivity index (χ0v) is 12.8. The zero-order chi connectivity index (χ0) is 14.0. The van der Waals surface area contributed by atoms with Crippen LogP contribution in [0.1, 0.15) is 32.1 Å². The highest BCUT2D eigenvalue weighted by Gasteiger charge is 2.14. The molecule has 0 aromatic heterocycles. The minimum atomic E-state index is 0.140. The van der Waals surface area contributed by atoms with Gasteiger partial charge < -0.3 is 10.6 Å². The minimum Gasteiger partial charge on any atom is -0.352 e. The average molecular weight is 292 g/mol. The molecular weight excluding hydrogens is 268 g/mol. The molecule has 1 aromatic rings. The van der Waals surface area contributed by atoms with Crippen molar-refractivity contribution in [2.45, 2.75) is 43.0 Å². The minimum absolute atomic E-state index is 0.140. The van der Waals surface area contributed by atoms with E-state index in [-0.39, 0.29) is 5.91 Å². The Balaban J connectivity index is 1.51. The maximum Gasteiger partial charge on any atom is 0.234 e. The summed E-state index contributed by atoms with van der Waals surface area (Å²) in [6, 6.07) is 10.8. The molecule has 1 aliphatic carbocycles. The third kappa shape index (κ3) is 5.97. The molecule has 0 unspecified atom stereocenters. The molecule has 1 fully saturated rings. The lowest BCUT2D eigenvalue weighted by atomic mass is 9.95. The highest BCUT2D eigenvalue weighted by molar-refractivity contribution is 7.99. The second-order valence-corrected chi connectivity index (χ2v) is 6.41. The Hall–Kier alpha value is -1.00. The van der Waals surface area contributed by atoms with Crippen molar-refractivity contribution in [1.29, 1.82) is 0 Å². The molecule has 1 aromatic carbocycles. The van der Waals surface area contributed by atoms with Crippen LogP contribution in [0.5, 0.6) is 0 Å². The summed E-state index contributed by atoms with van der Waals surface area (Å²) in [5, 5.41) is 6.33. The normalized spacial score (nSPS) is 16.0. The summed E-state index contributed by atoms with van der Waals surface area (Å²) >= 11 is 1.81. The van der Waals surface area contributed by atoms with Crippen molar-refractivity contribution in [3.8, 4) is 0 Å². The summed E-state index contributed by atoms with van der Waals surface area (Å²) in [5.41, 5.74) is 0. The van der Waals surface area contributed by atoms with Gasteiger partial charge in [-0.1, -0.05) is 37.5 Å². The molecule has 20 heavy (non-hydrogen) atoms. The van der Waals surface area contributed by atoms with E-state index in [1.165, 1.54) is 24.2 Å². The number of nitrogens with one attached hydrogen (secondary N) is 2. The van der Waals surface area contributed by atoms with Gasteiger partial charge in [0.15, 0.2) is 0 Å². The van der Waals surface area contributed by atoms with E-state index in [2.05, 4.69) is 22.8 Å². The van der Waals surface area contributed by atoms with E-state index >= 15 is 0 Å². The molecule has 2 N–H and O–H groups in total. The maximum absolute atomic E-state index is 11.8. The van der Waals surface area contributed by atoms with E-state index in [1.54, 1.807) is 0 Å². The first-order chi connectivity index (χ1) is 9.84. The number of benzene rings is 1. The van der Waals surface area contributed by atoms with Crippen LogP contribution in [-0.4, -0.2) is 30.8 Å². The van der Waals surface area contributed by atoms with Gasteiger partial charge in [0.2, 0.25) is 5.91 Å². The second-order valence-electron chi connectivity index (χ2n) is 5.24.